The minimum Gasteiger partial charge on any atom is -0.271 e. The standard InChI is InChI=1S/C15H13N3O/c1-11-14(13-9-5-6-10-16-13)15(19)18(17-11)12-7-3-2-4-8-12/h2-10,14H,1H3. The molecule has 0 saturated heterocycles. The minimum absolute atomic E-state index is 0.0533. The molecule has 1 aliphatic rings. The Labute approximate surface area is 111 Å². The molecule has 1 amide bonds. The molecule has 19 heavy (non-hydrogen) atoms. The van der Waals surface area contributed by atoms with E-state index in [1.54, 1.807) is 6.20 Å². The van der Waals surface area contributed by atoms with Crippen molar-refractivity contribution in [1.29, 1.82) is 0 Å². The van der Waals surface area contributed by atoms with Crippen molar-refractivity contribution in [2.45, 2.75) is 12.8 Å². The lowest BCUT2D eigenvalue weighted by molar-refractivity contribution is -0.118. The first-order valence-electron chi connectivity index (χ1n) is 6.12. The molecular weight excluding hydrogens is 238 g/mol. The predicted octanol–water partition coefficient (Wildman–Crippen LogP) is 2.59. The monoisotopic (exact) mass is 251 g/mol. The third-order valence-electron chi connectivity index (χ3n) is 3.12. The van der Waals surface area contributed by atoms with Crippen LogP contribution in [-0.2, 0) is 4.79 Å². The molecule has 4 nitrogen and oxygen atoms in total. The molecule has 1 aromatic carbocycles. The van der Waals surface area contributed by atoms with Crippen molar-refractivity contribution < 1.29 is 4.79 Å². The summed E-state index contributed by atoms with van der Waals surface area (Å²) in [5, 5.41) is 5.81. The van der Waals surface area contributed by atoms with Crippen LogP contribution in [0.1, 0.15) is 18.5 Å². The molecule has 3 rings (SSSR count). The Morgan fingerprint density at radius 1 is 1.05 bits per heavy atom. The van der Waals surface area contributed by atoms with E-state index in [2.05, 4.69) is 10.1 Å². The average Bonchev–Trinajstić information content (AvgIpc) is 2.76. The number of nitrogens with zero attached hydrogens (tertiary/aromatic N) is 3. The normalized spacial score (nSPS) is 18.6. The second-order valence-corrected chi connectivity index (χ2v) is 4.41. The van der Waals surface area contributed by atoms with Gasteiger partial charge in [-0.2, -0.15) is 10.1 Å². The van der Waals surface area contributed by atoms with Gasteiger partial charge in [0.1, 0.15) is 5.92 Å². The van der Waals surface area contributed by atoms with E-state index in [-0.39, 0.29) is 11.8 Å². The average molecular weight is 251 g/mol. The smallest absolute Gasteiger partial charge is 0.262 e. The van der Waals surface area contributed by atoms with Crippen LogP contribution in [0.2, 0.25) is 0 Å². The molecule has 94 valence electrons. The maximum Gasteiger partial charge on any atom is 0.262 e. The number of carbonyl (C=O) groups is 1. The van der Waals surface area contributed by atoms with E-state index in [0.717, 1.165) is 17.1 Å². The molecular formula is C15H13N3O. The lowest BCUT2D eigenvalue weighted by Crippen LogP contribution is -2.26. The summed E-state index contributed by atoms with van der Waals surface area (Å²) in [6.45, 7) is 1.86. The topological polar surface area (TPSA) is 45.6 Å². The van der Waals surface area contributed by atoms with Crippen LogP contribution in [0.3, 0.4) is 0 Å². The number of hydrogen-bond acceptors (Lipinski definition) is 3. The van der Waals surface area contributed by atoms with Gasteiger partial charge in [0.25, 0.3) is 5.91 Å². The van der Waals surface area contributed by atoms with E-state index in [0.29, 0.717) is 0 Å². The van der Waals surface area contributed by atoms with Crippen molar-refractivity contribution >= 4 is 17.3 Å². The second-order valence-electron chi connectivity index (χ2n) is 4.41. The Hall–Kier alpha value is -2.49. The highest BCUT2D eigenvalue weighted by Crippen LogP contribution is 2.28. The predicted molar refractivity (Wildman–Crippen MR) is 74.0 cm³/mol. The lowest BCUT2D eigenvalue weighted by atomic mass is 10.00. The summed E-state index contributed by atoms with van der Waals surface area (Å²) in [5.74, 6) is -0.427. The van der Waals surface area contributed by atoms with Crippen LogP contribution in [0, 0.1) is 0 Å². The van der Waals surface area contributed by atoms with Gasteiger partial charge in [0, 0.05) is 6.20 Å². The SMILES string of the molecule is CC1=NN(c2ccccc2)C(=O)C1c1ccccn1. The number of pyridine rings is 1. The van der Waals surface area contributed by atoms with Crippen LogP contribution in [-0.4, -0.2) is 16.6 Å². The summed E-state index contributed by atoms with van der Waals surface area (Å²) in [7, 11) is 0. The summed E-state index contributed by atoms with van der Waals surface area (Å²) >= 11 is 0. The van der Waals surface area contributed by atoms with Gasteiger partial charge in [0.05, 0.1) is 17.1 Å². The quantitative estimate of drug-likeness (QED) is 0.823. The molecule has 2 aromatic rings. The molecule has 1 unspecified atom stereocenters. The van der Waals surface area contributed by atoms with Gasteiger partial charge in [0.2, 0.25) is 0 Å². The zero-order valence-corrected chi connectivity index (χ0v) is 10.5. The summed E-state index contributed by atoms with van der Waals surface area (Å²) in [5.41, 5.74) is 2.30. The summed E-state index contributed by atoms with van der Waals surface area (Å²) < 4.78 is 0. The Balaban J connectivity index is 1.96. The van der Waals surface area contributed by atoms with Gasteiger partial charge < -0.3 is 0 Å². The van der Waals surface area contributed by atoms with E-state index in [9.17, 15) is 4.79 Å². The van der Waals surface area contributed by atoms with E-state index < -0.39 is 0 Å². The first-order valence-corrected chi connectivity index (χ1v) is 6.12. The van der Waals surface area contributed by atoms with Crippen molar-refractivity contribution in [2.75, 3.05) is 5.01 Å². The van der Waals surface area contributed by atoms with Gasteiger partial charge in [-0.15, -0.1) is 0 Å². The number of anilines is 1. The lowest BCUT2D eigenvalue weighted by Gasteiger charge is -2.13. The Kier molecular flexibility index (Phi) is 2.83. The zero-order chi connectivity index (χ0) is 13.2. The van der Waals surface area contributed by atoms with Gasteiger partial charge in [-0.3, -0.25) is 9.78 Å². The van der Waals surface area contributed by atoms with Crippen molar-refractivity contribution in [3.8, 4) is 0 Å². The van der Waals surface area contributed by atoms with Gasteiger partial charge in [-0.25, -0.2) is 0 Å². The van der Waals surface area contributed by atoms with Crippen molar-refractivity contribution in [1.82, 2.24) is 4.98 Å². The summed E-state index contributed by atoms with van der Waals surface area (Å²) in [4.78, 5) is 16.7. The van der Waals surface area contributed by atoms with Gasteiger partial charge in [0.15, 0.2) is 0 Å². The highest BCUT2D eigenvalue weighted by atomic mass is 16.2. The number of amides is 1. The fourth-order valence-corrected chi connectivity index (χ4v) is 2.21. The van der Waals surface area contributed by atoms with E-state index >= 15 is 0 Å². The molecule has 1 atom stereocenters. The summed E-state index contributed by atoms with van der Waals surface area (Å²) in [6.07, 6.45) is 1.70. The van der Waals surface area contributed by atoms with Crippen LogP contribution in [0.5, 0.6) is 0 Å². The maximum atomic E-state index is 12.5. The van der Waals surface area contributed by atoms with E-state index in [1.807, 2.05) is 55.5 Å². The maximum absolute atomic E-state index is 12.5. The molecule has 1 aliphatic heterocycles. The first kappa shape index (κ1) is 11.6. The molecule has 0 bridgehead atoms. The van der Waals surface area contributed by atoms with Crippen LogP contribution in [0.4, 0.5) is 5.69 Å². The number of hydrazone groups is 1. The fraction of sp³-hybridized carbons (Fsp3) is 0.133. The Bertz CT molecular complexity index is 622. The largest absolute Gasteiger partial charge is 0.271 e. The third-order valence-corrected chi connectivity index (χ3v) is 3.12. The third kappa shape index (κ3) is 2.01. The fourth-order valence-electron chi connectivity index (χ4n) is 2.21. The Morgan fingerprint density at radius 3 is 2.47 bits per heavy atom. The van der Waals surface area contributed by atoms with Gasteiger partial charge in [-0.05, 0) is 31.2 Å². The molecule has 0 N–H and O–H groups in total. The minimum atomic E-state index is -0.374. The number of rotatable bonds is 2. The second kappa shape index (κ2) is 4.65. The van der Waals surface area contributed by atoms with Gasteiger partial charge >= 0.3 is 0 Å². The van der Waals surface area contributed by atoms with Crippen LogP contribution < -0.4 is 5.01 Å². The molecule has 0 fully saturated rings. The molecule has 0 radical (unpaired) electrons. The molecule has 1 aromatic heterocycles. The highest BCUT2D eigenvalue weighted by Gasteiger charge is 2.36. The van der Waals surface area contributed by atoms with Crippen LogP contribution in [0.15, 0.2) is 59.8 Å². The molecule has 0 aliphatic carbocycles. The number of carbonyl (C=O) groups excluding carboxylic acids is 1. The number of benzene rings is 1. The molecule has 0 spiro atoms. The van der Waals surface area contributed by atoms with Gasteiger partial charge in [-0.1, -0.05) is 24.3 Å². The molecule has 2 heterocycles. The zero-order valence-electron chi connectivity index (χ0n) is 10.5. The van der Waals surface area contributed by atoms with Crippen LogP contribution >= 0.6 is 0 Å². The van der Waals surface area contributed by atoms with Crippen molar-refractivity contribution in [2.24, 2.45) is 5.10 Å². The highest BCUT2D eigenvalue weighted by molar-refractivity contribution is 6.18. The number of hydrogen-bond donors (Lipinski definition) is 0. The van der Waals surface area contributed by atoms with Crippen LogP contribution in [0.25, 0.3) is 0 Å². The van der Waals surface area contributed by atoms with E-state index in [1.165, 1.54) is 5.01 Å². The first-order chi connectivity index (χ1) is 9.27. The van der Waals surface area contributed by atoms with E-state index in [4.69, 9.17) is 0 Å². The molecule has 0 saturated carbocycles. The van der Waals surface area contributed by atoms with Crippen molar-refractivity contribution in [3.05, 3.63) is 60.4 Å². The number of aromatic nitrogens is 1. The molecule has 4 heteroatoms. The van der Waals surface area contributed by atoms with Crippen molar-refractivity contribution in [3.63, 3.8) is 0 Å². The summed E-state index contributed by atoms with van der Waals surface area (Å²) in [6, 6.07) is 15.0. The Morgan fingerprint density at radius 2 is 1.79 bits per heavy atom. The number of para-hydroxylation sites is 1.